The lowest BCUT2D eigenvalue weighted by Gasteiger charge is -2.22. The van der Waals surface area contributed by atoms with E-state index < -0.39 is 10.0 Å². The van der Waals surface area contributed by atoms with Crippen LogP contribution in [0.15, 0.2) is 11.6 Å². The molecular formula is C7H13NO2S. The second-order valence-corrected chi connectivity index (χ2v) is 4.90. The minimum absolute atomic E-state index is 0.546. The Bertz CT molecular complexity index is 266. The van der Waals surface area contributed by atoms with E-state index in [9.17, 15) is 8.42 Å². The lowest BCUT2D eigenvalue weighted by atomic mass is 10.1. The van der Waals surface area contributed by atoms with Crippen molar-refractivity contribution in [2.75, 3.05) is 19.3 Å². The van der Waals surface area contributed by atoms with Gasteiger partial charge in [0.2, 0.25) is 10.0 Å². The van der Waals surface area contributed by atoms with Gasteiger partial charge in [-0.3, -0.25) is 0 Å². The van der Waals surface area contributed by atoms with Crippen LogP contribution < -0.4 is 0 Å². The van der Waals surface area contributed by atoms with E-state index in [4.69, 9.17) is 0 Å². The molecule has 0 aliphatic carbocycles. The van der Waals surface area contributed by atoms with Gasteiger partial charge in [-0.15, -0.1) is 0 Å². The molecule has 0 aromatic heterocycles. The van der Waals surface area contributed by atoms with Gasteiger partial charge in [0, 0.05) is 13.1 Å². The molecule has 0 radical (unpaired) electrons. The van der Waals surface area contributed by atoms with E-state index in [1.807, 2.05) is 13.0 Å². The van der Waals surface area contributed by atoms with Crippen molar-refractivity contribution in [1.82, 2.24) is 4.31 Å². The molecule has 0 bridgehead atoms. The Balaban J connectivity index is 2.69. The fourth-order valence-corrected chi connectivity index (χ4v) is 1.82. The molecule has 0 saturated carbocycles. The number of hydrogen-bond acceptors (Lipinski definition) is 2. The molecule has 0 saturated heterocycles. The fraction of sp³-hybridized carbons (Fsp3) is 0.714. The van der Waals surface area contributed by atoms with Crippen molar-refractivity contribution in [3.05, 3.63) is 11.6 Å². The third-order valence-electron chi connectivity index (χ3n) is 1.87. The third kappa shape index (κ3) is 2.31. The van der Waals surface area contributed by atoms with Crippen LogP contribution >= 0.6 is 0 Å². The second kappa shape index (κ2) is 2.95. The third-order valence-corrected chi connectivity index (χ3v) is 3.14. The summed E-state index contributed by atoms with van der Waals surface area (Å²) < 4.78 is 23.5. The summed E-state index contributed by atoms with van der Waals surface area (Å²) >= 11 is 0. The predicted molar refractivity (Wildman–Crippen MR) is 44.8 cm³/mol. The average molecular weight is 175 g/mol. The Kier molecular flexibility index (Phi) is 2.34. The summed E-state index contributed by atoms with van der Waals surface area (Å²) in [7, 11) is -2.96. The SMILES string of the molecule is CC1=CCN(S(C)(=O)=O)CC1. The summed E-state index contributed by atoms with van der Waals surface area (Å²) in [6.07, 6.45) is 4.08. The summed E-state index contributed by atoms with van der Waals surface area (Å²) in [6, 6.07) is 0. The van der Waals surface area contributed by atoms with Crippen LogP contribution in [0, 0.1) is 0 Å². The van der Waals surface area contributed by atoms with E-state index in [1.54, 1.807) is 0 Å². The first-order valence-corrected chi connectivity index (χ1v) is 5.46. The molecule has 0 fully saturated rings. The summed E-state index contributed by atoms with van der Waals surface area (Å²) in [5, 5.41) is 0. The number of nitrogens with zero attached hydrogens (tertiary/aromatic N) is 1. The fourth-order valence-electron chi connectivity index (χ4n) is 1.05. The van der Waals surface area contributed by atoms with Crippen LogP contribution in [0.3, 0.4) is 0 Å². The maximum Gasteiger partial charge on any atom is 0.211 e. The molecule has 64 valence electrons. The van der Waals surface area contributed by atoms with Crippen molar-refractivity contribution in [2.24, 2.45) is 0 Å². The zero-order valence-corrected chi connectivity index (χ0v) is 7.69. The quantitative estimate of drug-likeness (QED) is 0.547. The van der Waals surface area contributed by atoms with Crippen molar-refractivity contribution in [3.63, 3.8) is 0 Å². The van der Waals surface area contributed by atoms with Crippen molar-refractivity contribution >= 4 is 10.0 Å². The summed E-state index contributed by atoms with van der Waals surface area (Å²) in [6.45, 7) is 3.21. The predicted octanol–water partition coefficient (Wildman–Crippen LogP) is 0.598. The molecular weight excluding hydrogens is 162 g/mol. The summed E-state index contributed by atoms with van der Waals surface area (Å²) in [5.74, 6) is 0. The Hall–Kier alpha value is -0.350. The Morgan fingerprint density at radius 1 is 1.55 bits per heavy atom. The number of rotatable bonds is 1. The van der Waals surface area contributed by atoms with Crippen LogP contribution in [0.1, 0.15) is 13.3 Å². The molecule has 0 aromatic rings. The van der Waals surface area contributed by atoms with Gasteiger partial charge in [0.05, 0.1) is 6.26 Å². The summed E-state index contributed by atoms with van der Waals surface area (Å²) in [5.41, 5.74) is 1.28. The van der Waals surface area contributed by atoms with Crippen LogP contribution in [-0.2, 0) is 10.0 Å². The molecule has 0 aromatic carbocycles. The van der Waals surface area contributed by atoms with Crippen molar-refractivity contribution in [1.29, 1.82) is 0 Å². The second-order valence-electron chi connectivity index (χ2n) is 2.92. The van der Waals surface area contributed by atoms with Crippen LogP contribution in [0.2, 0.25) is 0 Å². The standard InChI is InChI=1S/C7H13NO2S/c1-7-3-5-8(6-4-7)11(2,9)10/h3H,4-6H2,1-2H3. The van der Waals surface area contributed by atoms with E-state index in [0.29, 0.717) is 13.1 Å². The molecule has 1 heterocycles. The van der Waals surface area contributed by atoms with Crippen LogP contribution in [-0.4, -0.2) is 32.1 Å². The monoisotopic (exact) mass is 175 g/mol. The lowest BCUT2D eigenvalue weighted by Crippen LogP contribution is -2.33. The first-order chi connectivity index (χ1) is 5.00. The average Bonchev–Trinajstić information content (AvgIpc) is 1.86. The highest BCUT2D eigenvalue weighted by Crippen LogP contribution is 2.11. The van der Waals surface area contributed by atoms with E-state index >= 15 is 0 Å². The van der Waals surface area contributed by atoms with Crippen molar-refractivity contribution < 1.29 is 8.42 Å². The van der Waals surface area contributed by atoms with Crippen molar-refractivity contribution in [3.8, 4) is 0 Å². The lowest BCUT2D eigenvalue weighted by molar-refractivity contribution is 0.436. The highest BCUT2D eigenvalue weighted by Gasteiger charge is 2.17. The topological polar surface area (TPSA) is 37.4 Å². The molecule has 0 amide bonds. The van der Waals surface area contributed by atoms with E-state index in [0.717, 1.165) is 6.42 Å². The minimum atomic E-state index is -2.96. The number of hydrogen-bond donors (Lipinski definition) is 0. The normalized spacial score (nSPS) is 21.5. The molecule has 4 heteroatoms. The van der Waals surface area contributed by atoms with Crippen LogP contribution in [0.25, 0.3) is 0 Å². The summed E-state index contributed by atoms with van der Waals surface area (Å²) in [4.78, 5) is 0. The molecule has 1 aliphatic heterocycles. The molecule has 3 nitrogen and oxygen atoms in total. The maximum atomic E-state index is 11.0. The first-order valence-electron chi connectivity index (χ1n) is 3.61. The largest absolute Gasteiger partial charge is 0.212 e. The van der Waals surface area contributed by atoms with Gasteiger partial charge in [-0.25, -0.2) is 8.42 Å². The molecule has 0 spiro atoms. The van der Waals surface area contributed by atoms with Gasteiger partial charge in [-0.1, -0.05) is 11.6 Å². The Morgan fingerprint density at radius 2 is 2.18 bits per heavy atom. The highest BCUT2D eigenvalue weighted by atomic mass is 32.2. The van der Waals surface area contributed by atoms with Gasteiger partial charge in [0.15, 0.2) is 0 Å². The van der Waals surface area contributed by atoms with E-state index in [-0.39, 0.29) is 0 Å². The van der Waals surface area contributed by atoms with E-state index in [2.05, 4.69) is 0 Å². The van der Waals surface area contributed by atoms with E-state index in [1.165, 1.54) is 16.1 Å². The van der Waals surface area contributed by atoms with Crippen molar-refractivity contribution in [2.45, 2.75) is 13.3 Å². The van der Waals surface area contributed by atoms with Gasteiger partial charge >= 0.3 is 0 Å². The Morgan fingerprint density at radius 3 is 2.55 bits per heavy atom. The number of sulfonamides is 1. The first kappa shape index (κ1) is 8.74. The Labute approximate surface area is 67.8 Å². The van der Waals surface area contributed by atoms with Gasteiger partial charge in [0.1, 0.15) is 0 Å². The molecule has 1 rings (SSSR count). The molecule has 0 unspecified atom stereocenters. The molecule has 11 heavy (non-hydrogen) atoms. The minimum Gasteiger partial charge on any atom is -0.212 e. The van der Waals surface area contributed by atoms with Gasteiger partial charge in [0.25, 0.3) is 0 Å². The van der Waals surface area contributed by atoms with Crippen LogP contribution in [0.5, 0.6) is 0 Å². The molecule has 0 N–H and O–H groups in total. The molecule has 0 atom stereocenters. The molecule has 1 aliphatic rings. The van der Waals surface area contributed by atoms with Gasteiger partial charge in [-0.2, -0.15) is 4.31 Å². The van der Waals surface area contributed by atoms with Crippen LogP contribution in [0.4, 0.5) is 0 Å². The smallest absolute Gasteiger partial charge is 0.211 e. The van der Waals surface area contributed by atoms with Gasteiger partial charge < -0.3 is 0 Å². The zero-order chi connectivity index (χ0) is 8.48. The van der Waals surface area contributed by atoms with Gasteiger partial charge in [-0.05, 0) is 13.3 Å². The maximum absolute atomic E-state index is 11.0. The highest BCUT2D eigenvalue weighted by molar-refractivity contribution is 7.88. The zero-order valence-electron chi connectivity index (χ0n) is 6.87.